The molecule has 0 saturated carbocycles. The lowest BCUT2D eigenvalue weighted by molar-refractivity contribution is 0.574. The van der Waals surface area contributed by atoms with Crippen LogP contribution in [0.15, 0.2) is 60.9 Å². The van der Waals surface area contributed by atoms with Crippen LogP contribution >= 0.6 is 0 Å². The lowest BCUT2D eigenvalue weighted by Gasteiger charge is -2.07. The van der Waals surface area contributed by atoms with Gasteiger partial charge in [0.25, 0.3) is 0 Å². The second-order valence-corrected chi connectivity index (χ2v) is 7.77. The molecule has 0 aliphatic rings. The Morgan fingerprint density at radius 2 is 1.52 bits per heavy atom. The molecule has 0 unspecified atom stereocenters. The smallest absolute Gasteiger partial charge is 0.215 e. The van der Waals surface area contributed by atoms with Gasteiger partial charge in [-0.3, -0.25) is 0 Å². The molecule has 0 aliphatic carbocycles. The maximum Gasteiger partial charge on any atom is 0.215 e. The van der Waals surface area contributed by atoms with Crippen molar-refractivity contribution in [2.45, 2.75) is 12.2 Å². The Labute approximate surface area is 156 Å². The first-order valence-corrected chi connectivity index (χ1v) is 9.85. The Morgan fingerprint density at radius 3 is 2.15 bits per heavy atom. The first-order chi connectivity index (χ1) is 12.9. The zero-order valence-electron chi connectivity index (χ0n) is 14.3. The van der Waals surface area contributed by atoms with E-state index in [2.05, 4.69) is 14.7 Å². The molecule has 1 N–H and O–H groups in total. The highest BCUT2D eigenvalue weighted by molar-refractivity contribution is 7.88. The molecule has 0 aliphatic heterocycles. The summed E-state index contributed by atoms with van der Waals surface area (Å²) in [5, 5.41) is 0. The van der Waals surface area contributed by atoms with Gasteiger partial charge in [-0.15, -0.1) is 0 Å². The molecule has 3 rings (SSSR count). The van der Waals surface area contributed by atoms with Gasteiger partial charge in [0, 0.05) is 30.6 Å². The topological polar surface area (TPSA) is 72.0 Å². The minimum atomic E-state index is -3.71. The first-order valence-electron chi connectivity index (χ1n) is 8.20. The summed E-state index contributed by atoms with van der Waals surface area (Å²) in [7, 11) is -3.71. The number of halogens is 2. The minimum absolute atomic E-state index is 0.0514. The van der Waals surface area contributed by atoms with Gasteiger partial charge >= 0.3 is 0 Å². The van der Waals surface area contributed by atoms with Crippen LogP contribution in [0.5, 0.6) is 0 Å². The minimum Gasteiger partial charge on any atom is -0.236 e. The Balaban J connectivity index is 1.55. The third-order valence-corrected chi connectivity index (χ3v) is 5.11. The second kappa shape index (κ2) is 8.32. The molecule has 0 saturated heterocycles. The normalized spacial score (nSPS) is 11.5. The van der Waals surface area contributed by atoms with E-state index in [9.17, 15) is 17.2 Å². The van der Waals surface area contributed by atoms with Crippen LogP contribution in [0.4, 0.5) is 8.78 Å². The molecule has 5 nitrogen and oxygen atoms in total. The van der Waals surface area contributed by atoms with E-state index in [1.165, 1.54) is 0 Å². The van der Waals surface area contributed by atoms with Crippen molar-refractivity contribution in [1.82, 2.24) is 14.7 Å². The lowest BCUT2D eigenvalue weighted by atomic mass is 10.2. The van der Waals surface area contributed by atoms with Crippen molar-refractivity contribution in [3.05, 3.63) is 83.7 Å². The van der Waals surface area contributed by atoms with E-state index in [4.69, 9.17) is 0 Å². The van der Waals surface area contributed by atoms with Gasteiger partial charge in [-0.25, -0.2) is 31.9 Å². The first kappa shape index (κ1) is 19.1. The average Bonchev–Trinajstić information content (AvgIpc) is 2.61. The molecule has 0 fully saturated rings. The largest absolute Gasteiger partial charge is 0.236 e. The van der Waals surface area contributed by atoms with Gasteiger partial charge in [0.05, 0.1) is 5.75 Å². The highest BCUT2D eigenvalue weighted by atomic mass is 32.2. The molecule has 1 heterocycles. The molecule has 0 atom stereocenters. The highest BCUT2D eigenvalue weighted by Crippen LogP contribution is 2.13. The fraction of sp³-hybridized carbons (Fsp3) is 0.158. The third-order valence-electron chi connectivity index (χ3n) is 3.75. The summed E-state index contributed by atoms with van der Waals surface area (Å²) in [6.45, 7) is 0.133. The fourth-order valence-electron chi connectivity index (χ4n) is 2.54. The number of nitrogens with one attached hydrogen (secondary N) is 1. The molecule has 27 heavy (non-hydrogen) atoms. The zero-order chi connectivity index (χ0) is 19.3. The molecular weight excluding hydrogens is 372 g/mol. The summed E-state index contributed by atoms with van der Waals surface area (Å²) in [5.74, 6) is -1.52. The SMILES string of the molecule is O=S(=O)(Cc1cc(F)cc(F)c1)NCCc1cnc(-c2ccccc2)nc1. The van der Waals surface area contributed by atoms with E-state index in [0.29, 0.717) is 18.3 Å². The number of hydrogen-bond acceptors (Lipinski definition) is 4. The van der Waals surface area contributed by atoms with E-state index in [1.807, 2.05) is 30.3 Å². The molecule has 3 aromatic rings. The van der Waals surface area contributed by atoms with Crippen LogP contribution in [-0.2, 0) is 22.2 Å². The average molecular weight is 389 g/mol. The van der Waals surface area contributed by atoms with Crippen LogP contribution in [0.25, 0.3) is 11.4 Å². The molecule has 0 spiro atoms. The van der Waals surface area contributed by atoms with Crippen molar-refractivity contribution in [3.8, 4) is 11.4 Å². The van der Waals surface area contributed by atoms with Crippen molar-refractivity contribution in [1.29, 1.82) is 0 Å². The molecule has 1 aromatic heterocycles. The zero-order valence-corrected chi connectivity index (χ0v) is 15.1. The van der Waals surface area contributed by atoms with E-state index in [0.717, 1.165) is 23.3 Å². The van der Waals surface area contributed by atoms with Crippen LogP contribution in [0.1, 0.15) is 11.1 Å². The molecule has 0 bridgehead atoms. The van der Waals surface area contributed by atoms with Crippen LogP contribution in [-0.4, -0.2) is 24.9 Å². The number of hydrogen-bond donors (Lipinski definition) is 1. The van der Waals surface area contributed by atoms with Crippen LogP contribution in [0.2, 0.25) is 0 Å². The van der Waals surface area contributed by atoms with E-state index >= 15 is 0 Å². The van der Waals surface area contributed by atoms with Crippen molar-refractivity contribution < 1.29 is 17.2 Å². The summed E-state index contributed by atoms with van der Waals surface area (Å²) in [4.78, 5) is 8.56. The van der Waals surface area contributed by atoms with Crippen molar-refractivity contribution in [2.75, 3.05) is 6.54 Å². The van der Waals surface area contributed by atoms with E-state index < -0.39 is 27.4 Å². The fourth-order valence-corrected chi connectivity index (χ4v) is 3.66. The summed E-state index contributed by atoms with van der Waals surface area (Å²) < 4.78 is 52.9. The molecular formula is C19H17F2N3O2S. The second-order valence-electron chi connectivity index (χ2n) is 5.96. The highest BCUT2D eigenvalue weighted by Gasteiger charge is 2.13. The van der Waals surface area contributed by atoms with Gasteiger partial charge in [-0.1, -0.05) is 30.3 Å². The van der Waals surface area contributed by atoms with Gasteiger partial charge in [0.2, 0.25) is 10.0 Å². The Morgan fingerprint density at radius 1 is 0.889 bits per heavy atom. The summed E-state index contributed by atoms with van der Waals surface area (Å²) in [6.07, 6.45) is 3.68. The van der Waals surface area contributed by atoms with Gasteiger partial charge in [0.15, 0.2) is 5.82 Å². The van der Waals surface area contributed by atoms with E-state index in [-0.39, 0.29) is 12.1 Å². The van der Waals surface area contributed by atoms with Crippen molar-refractivity contribution in [2.24, 2.45) is 0 Å². The maximum absolute atomic E-state index is 13.2. The summed E-state index contributed by atoms with van der Waals surface area (Å²) >= 11 is 0. The van der Waals surface area contributed by atoms with Gasteiger partial charge in [-0.2, -0.15) is 0 Å². The van der Waals surface area contributed by atoms with Crippen LogP contribution in [0, 0.1) is 11.6 Å². The predicted octanol–water partition coefficient (Wildman–Crippen LogP) is 3.08. The Hall–Kier alpha value is -2.71. The molecule has 0 radical (unpaired) electrons. The molecule has 2 aromatic carbocycles. The van der Waals surface area contributed by atoms with Gasteiger partial charge in [-0.05, 0) is 29.7 Å². The van der Waals surface area contributed by atoms with Gasteiger partial charge < -0.3 is 0 Å². The quantitative estimate of drug-likeness (QED) is 0.674. The Bertz CT molecular complexity index is 991. The molecule has 140 valence electrons. The third kappa shape index (κ3) is 5.63. The number of sulfonamides is 1. The van der Waals surface area contributed by atoms with Crippen LogP contribution < -0.4 is 4.72 Å². The number of aromatic nitrogens is 2. The number of benzene rings is 2. The number of rotatable bonds is 7. The lowest BCUT2D eigenvalue weighted by Crippen LogP contribution is -2.27. The Kier molecular flexibility index (Phi) is 5.88. The maximum atomic E-state index is 13.2. The molecule has 8 heteroatoms. The summed E-state index contributed by atoms with van der Waals surface area (Å²) in [6, 6.07) is 12.2. The van der Waals surface area contributed by atoms with Gasteiger partial charge in [0.1, 0.15) is 11.6 Å². The summed E-state index contributed by atoms with van der Waals surface area (Å²) in [5.41, 5.74) is 1.72. The van der Waals surface area contributed by atoms with Crippen molar-refractivity contribution >= 4 is 10.0 Å². The molecule has 0 amide bonds. The standard InChI is InChI=1S/C19H17F2N3O2S/c20-17-8-15(9-18(21)10-17)13-27(25,26)24-7-6-14-11-22-19(23-12-14)16-4-2-1-3-5-16/h1-5,8-12,24H,6-7,13H2. The predicted molar refractivity (Wildman–Crippen MR) is 98.2 cm³/mol. The van der Waals surface area contributed by atoms with E-state index in [1.54, 1.807) is 12.4 Å². The monoisotopic (exact) mass is 389 g/mol. The van der Waals surface area contributed by atoms with Crippen LogP contribution in [0.3, 0.4) is 0 Å². The van der Waals surface area contributed by atoms with Crippen molar-refractivity contribution in [3.63, 3.8) is 0 Å². The number of nitrogens with zero attached hydrogens (tertiary/aromatic N) is 2.